The quantitative estimate of drug-likeness (QED) is 0.768. The van der Waals surface area contributed by atoms with E-state index in [-0.39, 0.29) is 0 Å². The van der Waals surface area contributed by atoms with Crippen molar-refractivity contribution in [2.75, 3.05) is 38.3 Å². The standard InChI is InChI=1S/C12H19N7S/c1-4-13-10-15-11(19-7-5-6-14-19)17-12(16-10)20-9-8-18(2)3/h5-7H,4,8-9H2,1-3H3,(H,13,15,16,17). The van der Waals surface area contributed by atoms with Crippen LogP contribution in [0.15, 0.2) is 23.6 Å². The Kier molecular flexibility index (Phi) is 5.31. The van der Waals surface area contributed by atoms with Crippen LogP contribution < -0.4 is 5.32 Å². The summed E-state index contributed by atoms with van der Waals surface area (Å²) in [5.74, 6) is 2.05. The number of nitrogens with one attached hydrogen (secondary N) is 1. The van der Waals surface area contributed by atoms with Gasteiger partial charge in [0, 0.05) is 31.2 Å². The van der Waals surface area contributed by atoms with Crippen LogP contribution in [-0.2, 0) is 0 Å². The van der Waals surface area contributed by atoms with E-state index >= 15 is 0 Å². The summed E-state index contributed by atoms with van der Waals surface area (Å²) < 4.78 is 1.64. The lowest BCUT2D eigenvalue weighted by atomic mass is 10.7. The minimum absolute atomic E-state index is 0.535. The predicted octanol–water partition coefficient (Wildman–Crippen LogP) is 1.14. The maximum atomic E-state index is 4.44. The van der Waals surface area contributed by atoms with Gasteiger partial charge in [-0.05, 0) is 27.1 Å². The van der Waals surface area contributed by atoms with Gasteiger partial charge in [0.15, 0.2) is 5.16 Å². The molecule has 108 valence electrons. The van der Waals surface area contributed by atoms with Gasteiger partial charge >= 0.3 is 0 Å². The summed E-state index contributed by atoms with van der Waals surface area (Å²) in [6, 6.07) is 1.84. The zero-order valence-electron chi connectivity index (χ0n) is 11.9. The van der Waals surface area contributed by atoms with Crippen LogP contribution in [0.3, 0.4) is 0 Å². The lowest BCUT2D eigenvalue weighted by Crippen LogP contribution is -2.15. The number of aromatic nitrogens is 5. The second-order valence-corrected chi connectivity index (χ2v) is 5.44. The Balaban J connectivity index is 2.17. The first-order chi connectivity index (χ1) is 9.69. The molecule has 1 N–H and O–H groups in total. The van der Waals surface area contributed by atoms with Crippen molar-refractivity contribution in [2.45, 2.75) is 12.1 Å². The second-order valence-electron chi connectivity index (χ2n) is 4.37. The summed E-state index contributed by atoms with van der Waals surface area (Å²) in [5.41, 5.74) is 0. The number of hydrogen-bond acceptors (Lipinski definition) is 7. The van der Waals surface area contributed by atoms with Crippen LogP contribution in [0.5, 0.6) is 0 Å². The number of hydrogen-bond donors (Lipinski definition) is 1. The fourth-order valence-corrected chi connectivity index (χ4v) is 2.39. The summed E-state index contributed by atoms with van der Waals surface area (Å²) in [6.45, 7) is 3.75. The lowest BCUT2D eigenvalue weighted by Gasteiger charge is -2.09. The molecule has 0 aromatic carbocycles. The molecule has 0 amide bonds. The highest BCUT2D eigenvalue weighted by Gasteiger charge is 2.08. The number of rotatable bonds is 7. The minimum atomic E-state index is 0.535. The Hall–Kier alpha value is -1.67. The van der Waals surface area contributed by atoms with E-state index in [1.54, 1.807) is 22.6 Å². The van der Waals surface area contributed by atoms with Crippen molar-refractivity contribution in [3.8, 4) is 5.95 Å². The molecule has 0 spiro atoms. The molecule has 0 radical (unpaired) electrons. The third-order valence-corrected chi connectivity index (χ3v) is 3.24. The number of anilines is 1. The number of nitrogens with zero attached hydrogens (tertiary/aromatic N) is 6. The van der Waals surface area contributed by atoms with Gasteiger partial charge in [-0.15, -0.1) is 0 Å². The van der Waals surface area contributed by atoms with Gasteiger partial charge in [0.05, 0.1) is 0 Å². The minimum Gasteiger partial charge on any atom is -0.354 e. The molecule has 2 heterocycles. The van der Waals surface area contributed by atoms with Crippen LogP contribution >= 0.6 is 11.8 Å². The van der Waals surface area contributed by atoms with Crippen LogP contribution in [0, 0.1) is 0 Å². The monoisotopic (exact) mass is 293 g/mol. The summed E-state index contributed by atoms with van der Waals surface area (Å²) >= 11 is 1.62. The Morgan fingerprint density at radius 1 is 1.30 bits per heavy atom. The van der Waals surface area contributed by atoms with E-state index in [2.05, 4.69) is 30.3 Å². The summed E-state index contributed by atoms with van der Waals surface area (Å²) in [7, 11) is 4.10. The van der Waals surface area contributed by atoms with E-state index in [9.17, 15) is 0 Å². The highest BCUT2D eigenvalue weighted by Crippen LogP contribution is 2.15. The first-order valence-corrected chi connectivity index (χ1v) is 7.45. The molecule has 8 heteroatoms. The van der Waals surface area contributed by atoms with Gasteiger partial charge in [0.1, 0.15) is 0 Å². The maximum absolute atomic E-state index is 4.44. The second kappa shape index (κ2) is 7.20. The van der Waals surface area contributed by atoms with E-state index < -0.39 is 0 Å². The van der Waals surface area contributed by atoms with Crippen molar-refractivity contribution >= 4 is 17.7 Å². The molecule has 20 heavy (non-hydrogen) atoms. The van der Waals surface area contributed by atoms with Crippen LogP contribution in [0.2, 0.25) is 0 Å². The van der Waals surface area contributed by atoms with Crippen molar-refractivity contribution in [2.24, 2.45) is 0 Å². The molecular weight excluding hydrogens is 274 g/mol. The molecule has 2 aromatic heterocycles. The molecule has 0 fully saturated rings. The third kappa shape index (κ3) is 4.17. The van der Waals surface area contributed by atoms with Gasteiger partial charge in [0.25, 0.3) is 5.95 Å². The van der Waals surface area contributed by atoms with Crippen molar-refractivity contribution in [1.82, 2.24) is 29.6 Å². The predicted molar refractivity (Wildman–Crippen MR) is 80.4 cm³/mol. The molecule has 0 aliphatic rings. The summed E-state index contributed by atoms with van der Waals surface area (Å²) in [5, 5.41) is 7.99. The molecule has 7 nitrogen and oxygen atoms in total. The highest BCUT2D eigenvalue weighted by molar-refractivity contribution is 7.99. The van der Waals surface area contributed by atoms with Gasteiger partial charge in [-0.1, -0.05) is 11.8 Å². The molecule has 0 atom stereocenters. The molecule has 0 saturated carbocycles. The molecule has 2 aromatic rings. The van der Waals surface area contributed by atoms with E-state index in [1.807, 2.05) is 33.3 Å². The van der Waals surface area contributed by atoms with Crippen LogP contribution in [0.25, 0.3) is 5.95 Å². The molecule has 0 aliphatic heterocycles. The van der Waals surface area contributed by atoms with Gasteiger partial charge in [0.2, 0.25) is 5.95 Å². The van der Waals surface area contributed by atoms with Crippen molar-refractivity contribution < 1.29 is 0 Å². The molecule has 2 rings (SSSR count). The number of thioether (sulfide) groups is 1. The Morgan fingerprint density at radius 3 is 2.80 bits per heavy atom. The molecular formula is C12H19N7S. The van der Waals surface area contributed by atoms with E-state index in [0.717, 1.165) is 18.8 Å². The van der Waals surface area contributed by atoms with Gasteiger partial charge in [-0.25, -0.2) is 4.68 Å². The average Bonchev–Trinajstić information content (AvgIpc) is 2.92. The van der Waals surface area contributed by atoms with E-state index in [4.69, 9.17) is 0 Å². The fraction of sp³-hybridized carbons (Fsp3) is 0.500. The van der Waals surface area contributed by atoms with Crippen LogP contribution in [-0.4, -0.2) is 62.6 Å². The maximum Gasteiger partial charge on any atom is 0.256 e. The summed E-state index contributed by atoms with van der Waals surface area (Å²) in [6.07, 6.45) is 3.52. The zero-order chi connectivity index (χ0) is 14.4. The van der Waals surface area contributed by atoms with Crippen molar-refractivity contribution in [3.05, 3.63) is 18.5 Å². The van der Waals surface area contributed by atoms with Gasteiger partial charge in [-0.2, -0.15) is 20.1 Å². The van der Waals surface area contributed by atoms with E-state index in [0.29, 0.717) is 17.1 Å². The van der Waals surface area contributed by atoms with Gasteiger partial charge in [-0.3, -0.25) is 0 Å². The largest absolute Gasteiger partial charge is 0.354 e. The normalized spacial score (nSPS) is 11.0. The smallest absolute Gasteiger partial charge is 0.256 e. The first-order valence-electron chi connectivity index (χ1n) is 6.46. The molecule has 0 saturated heterocycles. The Morgan fingerprint density at radius 2 is 2.15 bits per heavy atom. The molecule has 0 unspecified atom stereocenters. The summed E-state index contributed by atoms with van der Waals surface area (Å²) in [4.78, 5) is 15.3. The van der Waals surface area contributed by atoms with E-state index in [1.165, 1.54) is 0 Å². The molecule has 0 bridgehead atoms. The van der Waals surface area contributed by atoms with Crippen LogP contribution in [0.1, 0.15) is 6.92 Å². The lowest BCUT2D eigenvalue weighted by molar-refractivity contribution is 0.437. The Bertz CT molecular complexity index is 527. The van der Waals surface area contributed by atoms with Crippen molar-refractivity contribution in [1.29, 1.82) is 0 Å². The Labute approximate surface area is 122 Å². The fourth-order valence-electron chi connectivity index (χ4n) is 1.46. The van der Waals surface area contributed by atoms with Crippen molar-refractivity contribution in [3.63, 3.8) is 0 Å². The van der Waals surface area contributed by atoms with Gasteiger partial charge < -0.3 is 10.2 Å². The zero-order valence-corrected chi connectivity index (χ0v) is 12.8. The topological polar surface area (TPSA) is 71.8 Å². The van der Waals surface area contributed by atoms with Crippen LogP contribution in [0.4, 0.5) is 5.95 Å². The molecule has 0 aliphatic carbocycles. The SMILES string of the molecule is CCNc1nc(SCCN(C)C)nc(-n2cccn2)n1. The third-order valence-electron chi connectivity index (χ3n) is 2.42. The first kappa shape index (κ1) is 14.7. The highest BCUT2D eigenvalue weighted by atomic mass is 32.2. The average molecular weight is 293 g/mol.